The Morgan fingerprint density at radius 1 is 1.15 bits per heavy atom. The van der Waals surface area contributed by atoms with Crippen molar-refractivity contribution in [2.75, 3.05) is 12.4 Å². The molecule has 6 nitrogen and oxygen atoms in total. The van der Waals surface area contributed by atoms with Crippen molar-refractivity contribution in [1.29, 1.82) is 0 Å². The van der Waals surface area contributed by atoms with Crippen molar-refractivity contribution in [2.45, 2.75) is 23.1 Å². The fourth-order valence-electron chi connectivity index (χ4n) is 3.59. The molecule has 0 saturated heterocycles. The number of carbonyl (C=O) groups excluding carboxylic acids is 1. The summed E-state index contributed by atoms with van der Waals surface area (Å²) in [4.78, 5) is 25.2. The minimum absolute atomic E-state index is 0.249. The Hall–Kier alpha value is -2.93. The van der Waals surface area contributed by atoms with Gasteiger partial charge >= 0.3 is 11.6 Å². The number of rotatable bonds is 1. The summed E-state index contributed by atoms with van der Waals surface area (Å²) in [6, 6.07) is 10.5. The van der Waals surface area contributed by atoms with Gasteiger partial charge in [0.15, 0.2) is 0 Å². The van der Waals surface area contributed by atoms with Gasteiger partial charge in [-0.25, -0.2) is 4.79 Å². The van der Waals surface area contributed by atoms with Gasteiger partial charge in [-0.3, -0.25) is 4.79 Å². The van der Waals surface area contributed by atoms with Crippen LogP contribution in [0.1, 0.15) is 17.2 Å². The highest BCUT2D eigenvalue weighted by molar-refractivity contribution is 8.00. The molecule has 2 atom stereocenters. The quantitative estimate of drug-likeness (QED) is 0.392. The third-order valence-electron chi connectivity index (χ3n) is 4.91. The number of fused-ring (bicyclic) bond motifs is 5. The van der Waals surface area contributed by atoms with Crippen molar-refractivity contribution < 1.29 is 18.7 Å². The molecule has 3 heterocycles. The minimum Gasteiger partial charge on any atom is -0.497 e. The molecule has 1 N–H and O–H groups in total. The Bertz CT molecular complexity index is 1170. The molecule has 136 valence electrons. The first-order chi connectivity index (χ1) is 13.0. The third-order valence-corrected chi connectivity index (χ3v) is 6.24. The van der Waals surface area contributed by atoms with E-state index in [1.54, 1.807) is 13.2 Å². The van der Waals surface area contributed by atoms with E-state index in [9.17, 15) is 9.59 Å². The van der Waals surface area contributed by atoms with Gasteiger partial charge in [-0.2, -0.15) is 0 Å². The smallest absolute Gasteiger partial charge is 0.336 e. The molecule has 2 unspecified atom stereocenters. The summed E-state index contributed by atoms with van der Waals surface area (Å²) in [6.45, 7) is 1.86. The van der Waals surface area contributed by atoms with Crippen LogP contribution in [-0.4, -0.2) is 18.3 Å². The Labute approximate surface area is 158 Å². The van der Waals surface area contributed by atoms with E-state index in [0.717, 1.165) is 32.8 Å². The van der Waals surface area contributed by atoms with Crippen molar-refractivity contribution in [1.82, 2.24) is 0 Å². The minimum atomic E-state index is -0.424. The Morgan fingerprint density at radius 2 is 2.00 bits per heavy atom. The number of thioether (sulfide) groups is 1. The van der Waals surface area contributed by atoms with E-state index in [1.165, 1.54) is 17.8 Å². The number of carbonyl (C=O) groups is 1. The first-order valence-corrected chi connectivity index (χ1v) is 9.33. The van der Waals surface area contributed by atoms with Crippen LogP contribution in [0.4, 0.5) is 5.69 Å². The summed E-state index contributed by atoms with van der Waals surface area (Å²) in [5.41, 5.74) is 2.59. The second-order valence-electron chi connectivity index (χ2n) is 6.58. The molecule has 7 heteroatoms. The van der Waals surface area contributed by atoms with Crippen molar-refractivity contribution in [3.63, 3.8) is 0 Å². The fourth-order valence-corrected chi connectivity index (χ4v) is 4.75. The zero-order valence-electron chi connectivity index (χ0n) is 14.6. The lowest BCUT2D eigenvalue weighted by atomic mass is 9.96. The molecular formula is C20H15NO5S. The predicted molar refractivity (Wildman–Crippen MR) is 102 cm³/mol. The molecular weight excluding hydrogens is 366 g/mol. The van der Waals surface area contributed by atoms with E-state index >= 15 is 0 Å². The van der Waals surface area contributed by atoms with E-state index in [1.807, 2.05) is 31.2 Å². The van der Waals surface area contributed by atoms with Gasteiger partial charge in [0.1, 0.15) is 22.3 Å². The van der Waals surface area contributed by atoms with Gasteiger partial charge in [0.05, 0.1) is 18.8 Å². The number of benzene rings is 2. The lowest BCUT2D eigenvalue weighted by molar-refractivity contribution is -0.135. The molecule has 2 aromatic carbocycles. The molecule has 2 aliphatic heterocycles. The number of nitrogens with one attached hydrogen (secondary N) is 1. The second kappa shape index (κ2) is 5.79. The molecule has 0 saturated carbocycles. The number of hydrogen-bond donors (Lipinski definition) is 1. The maximum absolute atomic E-state index is 12.6. The molecule has 27 heavy (non-hydrogen) atoms. The van der Waals surface area contributed by atoms with Crippen LogP contribution in [0.5, 0.6) is 11.5 Å². The van der Waals surface area contributed by atoms with Crippen LogP contribution < -0.4 is 20.4 Å². The van der Waals surface area contributed by atoms with Crippen molar-refractivity contribution in [3.05, 3.63) is 57.9 Å². The lowest BCUT2D eigenvalue weighted by Crippen LogP contribution is -2.39. The molecule has 5 rings (SSSR count). The molecule has 0 fully saturated rings. The van der Waals surface area contributed by atoms with Crippen LogP contribution in [-0.2, 0) is 4.79 Å². The van der Waals surface area contributed by atoms with Crippen LogP contribution in [0.3, 0.4) is 0 Å². The van der Waals surface area contributed by atoms with E-state index in [-0.39, 0.29) is 12.0 Å². The van der Waals surface area contributed by atoms with Gasteiger partial charge < -0.3 is 19.2 Å². The SMILES string of the molecule is COc1ccc2c(c1)NC1c3cc4c(C)cc(=O)oc4cc3OC(=O)C1S2. The van der Waals surface area contributed by atoms with Crippen molar-refractivity contribution in [3.8, 4) is 11.5 Å². The molecule has 0 bridgehead atoms. The maximum Gasteiger partial charge on any atom is 0.336 e. The third kappa shape index (κ3) is 2.49. The lowest BCUT2D eigenvalue weighted by Gasteiger charge is -2.37. The van der Waals surface area contributed by atoms with Crippen LogP contribution in [0, 0.1) is 6.92 Å². The molecule has 0 spiro atoms. The van der Waals surface area contributed by atoms with Crippen LogP contribution in [0.25, 0.3) is 11.0 Å². The normalized spacial score (nSPS) is 20.1. The highest BCUT2D eigenvalue weighted by Crippen LogP contribution is 2.49. The monoisotopic (exact) mass is 381 g/mol. The van der Waals surface area contributed by atoms with E-state index in [2.05, 4.69) is 5.32 Å². The molecule has 0 amide bonds. The molecule has 0 aliphatic carbocycles. The molecule has 1 aromatic heterocycles. The standard InChI is InChI=1S/C20H15NO5S/c1-9-5-17(22)25-14-8-15-12(7-11(9)14)18-19(20(23)26-15)27-16-4-3-10(24-2)6-13(16)21-18/h3-8,18-19,21H,1-2H3. The number of methoxy groups -OCH3 is 1. The zero-order valence-corrected chi connectivity index (χ0v) is 15.4. The molecule has 2 aliphatic rings. The summed E-state index contributed by atoms with van der Waals surface area (Å²) in [5.74, 6) is 0.845. The van der Waals surface area contributed by atoms with Crippen LogP contribution >= 0.6 is 11.8 Å². The highest BCUT2D eigenvalue weighted by atomic mass is 32.2. The van der Waals surface area contributed by atoms with Crippen LogP contribution in [0.2, 0.25) is 0 Å². The fraction of sp³-hybridized carbons (Fsp3) is 0.200. The summed E-state index contributed by atoms with van der Waals surface area (Å²) in [6.07, 6.45) is 0. The second-order valence-corrected chi connectivity index (χ2v) is 7.76. The Kier molecular flexibility index (Phi) is 3.48. The zero-order chi connectivity index (χ0) is 18.7. The topological polar surface area (TPSA) is 77.8 Å². The van der Waals surface area contributed by atoms with E-state index in [0.29, 0.717) is 11.3 Å². The largest absolute Gasteiger partial charge is 0.497 e. The van der Waals surface area contributed by atoms with Gasteiger partial charge in [0, 0.05) is 34.0 Å². The first-order valence-electron chi connectivity index (χ1n) is 8.45. The van der Waals surface area contributed by atoms with Crippen molar-refractivity contribution in [2.24, 2.45) is 0 Å². The Morgan fingerprint density at radius 3 is 2.81 bits per heavy atom. The summed E-state index contributed by atoms with van der Waals surface area (Å²) < 4.78 is 16.1. The number of esters is 1. The summed E-state index contributed by atoms with van der Waals surface area (Å²) >= 11 is 1.48. The Balaban J connectivity index is 1.68. The maximum atomic E-state index is 12.6. The van der Waals surface area contributed by atoms with Gasteiger partial charge in [-0.15, -0.1) is 11.8 Å². The highest BCUT2D eigenvalue weighted by Gasteiger charge is 2.42. The van der Waals surface area contributed by atoms with Gasteiger partial charge in [-0.1, -0.05) is 0 Å². The van der Waals surface area contributed by atoms with Crippen molar-refractivity contribution >= 4 is 34.4 Å². The average molecular weight is 381 g/mol. The van der Waals surface area contributed by atoms with Gasteiger partial charge in [-0.05, 0) is 30.7 Å². The van der Waals surface area contributed by atoms with Gasteiger partial charge in [0.2, 0.25) is 0 Å². The summed E-state index contributed by atoms with van der Waals surface area (Å²) in [7, 11) is 1.62. The number of anilines is 1. The van der Waals surface area contributed by atoms with Gasteiger partial charge in [0.25, 0.3) is 0 Å². The first kappa shape index (κ1) is 16.3. The number of ether oxygens (including phenoxy) is 2. The van der Waals surface area contributed by atoms with E-state index in [4.69, 9.17) is 13.9 Å². The molecule has 3 aromatic rings. The predicted octanol–water partition coefficient (Wildman–Crippen LogP) is 3.66. The average Bonchev–Trinajstić information content (AvgIpc) is 2.65. The number of hydrogen-bond acceptors (Lipinski definition) is 7. The van der Waals surface area contributed by atoms with E-state index < -0.39 is 10.9 Å². The molecule has 0 radical (unpaired) electrons. The van der Waals surface area contributed by atoms with Crippen LogP contribution in [0.15, 0.2) is 50.5 Å². The summed E-state index contributed by atoms with van der Waals surface area (Å²) in [5, 5.41) is 3.89. The number of aryl methyl sites for hydroxylation is 1.